The summed E-state index contributed by atoms with van der Waals surface area (Å²) in [6.45, 7) is 0.891. The first-order chi connectivity index (χ1) is 10.6. The van der Waals surface area contributed by atoms with Gasteiger partial charge in [0.2, 0.25) is 0 Å². The first-order valence-electron chi connectivity index (χ1n) is 8.58. The molecule has 5 heteroatoms. The first kappa shape index (κ1) is 15.8. The number of rotatable bonds is 3. The fourth-order valence-corrected chi connectivity index (χ4v) is 4.56. The number of nitrogens with zero attached hydrogens (tertiary/aromatic N) is 1. The highest BCUT2D eigenvalue weighted by Crippen LogP contribution is 2.41. The van der Waals surface area contributed by atoms with Crippen molar-refractivity contribution in [3.8, 4) is 0 Å². The van der Waals surface area contributed by atoms with Crippen LogP contribution in [-0.4, -0.2) is 49.7 Å². The van der Waals surface area contributed by atoms with Crippen molar-refractivity contribution in [2.45, 2.75) is 57.1 Å². The third-order valence-corrected chi connectivity index (χ3v) is 5.81. The Balaban J connectivity index is 1.69. The van der Waals surface area contributed by atoms with Crippen molar-refractivity contribution in [3.63, 3.8) is 0 Å². The number of carbonyl (C=O) groups is 2. The molecule has 3 fully saturated rings. The fourth-order valence-electron chi connectivity index (χ4n) is 4.56. The lowest BCUT2D eigenvalue weighted by atomic mass is 9.78. The van der Waals surface area contributed by atoms with E-state index >= 15 is 0 Å². The van der Waals surface area contributed by atoms with Crippen LogP contribution in [-0.2, 0) is 19.1 Å². The van der Waals surface area contributed by atoms with Crippen LogP contribution in [0.1, 0.15) is 44.9 Å². The van der Waals surface area contributed by atoms with Gasteiger partial charge in [-0.15, -0.1) is 0 Å². The van der Waals surface area contributed by atoms with E-state index in [1.165, 1.54) is 13.5 Å². The molecule has 5 nitrogen and oxygen atoms in total. The molecule has 0 radical (unpaired) electrons. The van der Waals surface area contributed by atoms with E-state index in [9.17, 15) is 9.59 Å². The van der Waals surface area contributed by atoms with Gasteiger partial charge in [-0.25, -0.2) is 0 Å². The monoisotopic (exact) mass is 309 g/mol. The second kappa shape index (κ2) is 6.57. The van der Waals surface area contributed by atoms with Crippen molar-refractivity contribution in [1.29, 1.82) is 0 Å². The molecular formula is C17H27NO4. The van der Waals surface area contributed by atoms with E-state index < -0.39 is 0 Å². The highest BCUT2D eigenvalue weighted by atomic mass is 16.6. The van der Waals surface area contributed by atoms with Crippen molar-refractivity contribution in [1.82, 2.24) is 4.90 Å². The molecule has 1 aliphatic heterocycles. The zero-order valence-electron chi connectivity index (χ0n) is 13.6. The van der Waals surface area contributed by atoms with Gasteiger partial charge in [-0.2, -0.15) is 0 Å². The average Bonchev–Trinajstić information content (AvgIpc) is 2.82. The van der Waals surface area contributed by atoms with Crippen LogP contribution in [0, 0.1) is 17.8 Å². The molecule has 2 aliphatic carbocycles. The van der Waals surface area contributed by atoms with Crippen LogP contribution in [0.15, 0.2) is 0 Å². The number of carbonyl (C=O) groups excluding carboxylic acids is 2. The van der Waals surface area contributed by atoms with E-state index in [4.69, 9.17) is 9.47 Å². The van der Waals surface area contributed by atoms with Gasteiger partial charge in [-0.1, -0.05) is 19.3 Å². The summed E-state index contributed by atoms with van der Waals surface area (Å²) in [7, 11) is 3.51. The molecule has 4 atom stereocenters. The molecule has 0 spiro atoms. The number of hydrogen-bond acceptors (Lipinski definition) is 5. The third-order valence-electron chi connectivity index (χ3n) is 5.81. The Kier molecular flexibility index (Phi) is 4.71. The molecule has 0 N–H and O–H groups in total. The maximum absolute atomic E-state index is 12.5. The minimum Gasteiger partial charge on any atom is -0.469 e. The van der Waals surface area contributed by atoms with Crippen LogP contribution in [0.3, 0.4) is 0 Å². The maximum Gasteiger partial charge on any atom is 0.312 e. The molecule has 0 aromatic heterocycles. The lowest BCUT2D eigenvalue weighted by molar-refractivity contribution is -0.169. The van der Waals surface area contributed by atoms with Gasteiger partial charge in [0.1, 0.15) is 6.10 Å². The Labute approximate surface area is 132 Å². The van der Waals surface area contributed by atoms with Crippen LogP contribution in [0.25, 0.3) is 0 Å². The predicted octanol–water partition coefficient (Wildman–Crippen LogP) is 1.99. The van der Waals surface area contributed by atoms with Gasteiger partial charge >= 0.3 is 11.9 Å². The van der Waals surface area contributed by atoms with Crippen molar-refractivity contribution >= 4 is 11.9 Å². The van der Waals surface area contributed by atoms with E-state index in [2.05, 4.69) is 11.9 Å². The molecule has 1 saturated heterocycles. The predicted molar refractivity (Wildman–Crippen MR) is 81.1 cm³/mol. The van der Waals surface area contributed by atoms with E-state index in [0.717, 1.165) is 45.1 Å². The van der Waals surface area contributed by atoms with Crippen molar-refractivity contribution < 1.29 is 19.1 Å². The quantitative estimate of drug-likeness (QED) is 0.746. The minimum atomic E-state index is -0.310. The summed E-state index contributed by atoms with van der Waals surface area (Å²) in [5.41, 5.74) is 0. The number of likely N-dealkylation sites (tertiary alicyclic amines) is 1. The lowest BCUT2D eigenvalue weighted by Gasteiger charge is -2.35. The Bertz CT molecular complexity index is 430. The highest BCUT2D eigenvalue weighted by Gasteiger charge is 2.50. The smallest absolute Gasteiger partial charge is 0.312 e. The van der Waals surface area contributed by atoms with Crippen LogP contribution >= 0.6 is 0 Å². The summed E-state index contributed by atoms with van der Waals surface area (Å²) >= 11 is 0. The molecule has 1 heterocycles. The van der Waals surface area contributed by atoms with Crippen LogP contribution in [0.2, 0.25) is 0 Å². The normalized spacial score (nSPS) is 36.1. The topological polar surface area (TPSA) is 55.8 Å². The number of hydrogen-bond donors (Lipinski definition) is 0. The second-order valence-corrected chi connectivity index (χ2v) is 7.18. The molecule has 0 aromatic rings. The Hall–Kier alpha value is -1.10. The summed E-state index contributed by atoms with van der Waals surface area (Å²) in [5, 5.41) is 0. The van der Waals surface area contributed by atoms with Crippen LogP contribution in [0.4, 0.5) is 0 Å². The zero-order chi connectivity index (χ0) is 15.7. The van der Waals surface area contributed by atoms with Crippen LogP contribution in [0.5, 0.6) is 0 Å². The zero-order valence-corrected chi connectivity index (χ0v) is 13.6. The van der Waals surface area contributed by atoms with E-state index in [1.807, 2.05) is 0 Å². The van der Waals surface area contributed by atoms with Crippen molar-refractivity contribution in [2.75, 3.05) is 20.7 Å². The van der Waals surface area contributed by atoms with Gasteiger partial charge in [0.15, 0.2) is 0 Å². The molecule has 2 saturated carbocycles. The van der Waals surface area contributed by atoms with Gasteiger partial charge in [0.25, 0.3) is 0 Å². The number of fused-ring (bicyclic) bond motifs is 2. The summed E-state index contributed by atoms with van der Waals surface area (Å²) in [5.74, 6) is -0.328. The molecule has 3 aliphatic rings. The molecule has 3 unspecified atom stereocenters. The molecular weight excluding hydrogens is 282 g/mol. The molecule has 0 aromatic carbocycles. The SMILES string of the molecule is COC(=O)C1C2C[C@H](CC1OC(=O)C1CCCCC1)N(C)C2. The van der Waals surface area contributed by atoms with Crippen molar-refractivity contribution in [3.05, 3.63) is 0 Å². The van der Waals surface area contributed by atoms with E-state index in [1.54, 1.807) is 0 Å². The minimum absolute atomic E-state index is 0.0318. The van der Waals surface area contributed by atoms with Gasteiger partial charge < -0.3 is 14.4 Å². The Morgan fingerprint density at radius 3 is 2.45 bits per heavy atom. The van der Waals surface area contributed by atoms with Gasteiger partial charge in [0.05, 0.1) is 18.9 Å². The number of methoxy groups -OCH3 is 1. The fraction of sp³-hybridized carbons (Fsp3) is 0.882. The molecule has 0 amide bonds. The molecule has 124 valence electrons. The maximum atomic E-state index is 12.5. The van der Waals surface area contributed by atoms with E-state index in [0.29, 0.717) is 6.04 Å². The standard InChI is InChI=1S/C17H27NO4/c1-18-10-12-8-13(18)9-14(15(12)17(20)21-2)22-16(19)11-6-4-3-5-7-11/h11-15H,3-10H2,1-2H3/t12?,13-,14?,15?/m1/s1. The Morgan fingerprint density at radius 1 is 1.05 bits per heavy atom. The molecule has 3 rings (SSSR count). The summed E-state index contributed by atoms with van der Waals surface area (Å²) in [4.78, 5) is 26.9. The highest BCUT2D eigenvalue weighted by molar-refractivity contribution is 5.76. The second-order valence-electron chi connectivity index (χ2n) is 7.18. The van der Waals surface area contributed by atoms with Crippen molar-refractivity contribution in [2.24, 2.45) is 17.8 Å². The largest absolute Gasteiger partial charge is 0.469 e. The summed E-state index contributed by atoms with van der Waals surface area (Å²) in [6, 6.07) is 0.426. The van der Waals surface area contributed by atoms with Crippen LogP contribution < -0.4 is 0 Å². The summed E-state index contributed by atoms with van der Waals surface area (Å²) in [6.07, 6.45) is 6.75. The summed E-state index contributed by atoms with van der Waals surface area (Å²) < 4.78 is 10.8. The average molecular weight is 309 g/mol. The van der Waals surface area contributed by atoms with Gasteiger partial charge in [-0.05, 0) is 32.2 Å². The first-order valence-corrected chi connectivity index (χ1v) is 8.58. The Morgan fingerprint density at radius 2 is 1.77 bits per heavy atom. The molecule has 2 bridgehead atoms. The van der Waals surface area contributed by atoms with E-state index in [-0.39, 0.29) is 35.8 Å². The lowest BCUT2D eigenvalue weighted by Crippen LogP contribution is -2.44. The van der Waals surface area contributed by atoms with Gasteiger partial charge in [-0.3, -0.25) is 9.59 Å². The number of ether oxygens (including phenoxy) is 2. The number of esters is 2. The third kappa shape index (κ3) is 3.00. The molecule has 22 heavy (non-hydrogen) atoms. The van der Waals surface area contributed by atoms with Gasteiger partial charge in [0, 0.05) is 19.0 Å².